The zero-order valence-electron chi connectivity index (χ0n) is 19.1. The molecule has 6 rings (SSSR count). The number of hydrogen-bond donors (Lipinski definition) is 3. The Morgan fingerprint density at radius 3 is 2.86 bits per heavy atom. The SMILES string of the molecule is O=C1CSc2ccc(N3C[C@H]([C@@H](O)CCN[C@H]4Cn5c(=O)ccc6ccc(F)c4c65)OC3=O)cc2N1. The first-order valence-electron chi connectivity index (χ1n) is 11.7. The van der Waals surface area contributed by atoms with Gasteiger partial charge in [0.05, 0.1) is 35.6 Å². The molecule has 2 aromatic carbocycles. The fourth-order valence-electron chi connectivity index (χ4n) is 5.08. The van der Waals surface area contributed by atoms with E-state index < -0.39 is 24.3 Å². The maximum absolute atomic E-state index is 14.6. The summed E-state index contributed by atoms with van der Waals surface area (Å²) in [7, 11) is 0. The van der Waals surface area contributed by atoms with E-state index in [1.807, 2.05) is 6.07 Å². The Bertz CT molecular complexity index is 1460. The lowest BCUT2D eigenvalue weighted by atomic mass is 10.0. The maximum atomic E-state index is 14.6. The number of halogens is 1. The number of thioether (sulfide) groups is 1. The van der Waals surface area contributed by atoms with Crippen LogP contribution < -0.4 is 21.1 Å². The first kappa shape index (κ1) is 23.0. The fourth-order valence-corrected chi connectivity index (χ4v) is 5.87. The average molecular weight is 511 g/mol. The number of fused-ring (bicyclic) bond motifs is 1. The number of hydrogen-bond acceptors (Lipinski definition) is 7. The second kappa shape index (κ2) is 8.91. The molecule has 0 saturated carbocycles. The summed E-state index contributed by atoms with van der Waals surface area (Å²) in [5, 5.41) is 17.6. The van der Waals surface area contributed by atoms with Crippen LogP contribution in [0.15, 0.2) is 52.2 Å². The van der Waals surface area contributed by atoms with E-state index in [4.69, 9.17) is 4.74 Å². The van der Waals surface area contributed by atoms with Gasteiger partial charge in [-0.05, 0) is 54.8 Å². The zero-order chi connectivity index (χ0) is 25.0. The molecule has 9 nitrogen and oxygen atoms in total. The lowest BCUT2D eigenvalue weighted by Crippen LogP contribution is -2.34. The molecule has 3 atom stereocenters. The highest BCUT2D eigenvalue weighted by atomic mass is 32.2. The molecule has 186 valence electrons. The normalized spacial score (nSPS) is 21.4. The molecule has 0 radical (unpaired) electrons. The van der Waals surface area contributed by atoms with Crippen LogP contribution in [0.25, 0.3) is 10.9 Å². The van der Waals surface area contributed by atoms with E-state index in [-0.39, 0.29) is 30.2 Å². The molecule has 3 aliphatic rings. The van der Waals surface area contributed by atoms with E-state index in [1.54, 1.807) is 28.8 Å². The monoisotopic (exact) mass is 510 g/mol. The molecule has 1 fully saturated rings. The summed E-state index contributed by atoms with van der Waals surface area (Å²) in [5.41, 5.74) is 2.09. The van der Waals surface area contributed by atoms with Crippen LogP contribution in [0.5, 0.6) is 0 Å². The second-order valence-electron chi connectivity index (χ2n) is 9.09. The minimum absolute atomic E-state index is 0.0965. The molecular weight excluding hydrogens is 487 g/mol. The van der Waals surface area contributed by atoms with E-state index in [0.717, 1.165) is 10.3 Å². The van der Waals surface area contributed by atoms with Crippen molar-refractivity contribution in [3.05, 3.63) is 64.2 Å². The van der Waals surface area contributed by atoms with Crippen molar-refractivity contribution in [3.8, 4) is 0 Å². The molecule has 3 N–H and O–H groups in total. The Hall–Kier alpha value is -3.41. The number of pyridine rings is 1. The zero-order valence-corrected chi connectivity index (χ0v) is 19.9. The highest BCUT2D eigenvalue weighted by molar-refractivity contribution is 8.00. The van der Waals surface area contributed by atoms with Gasteiger partial charge >= 0.3 is 6.09 Å². The summed E-state index contributed by atoms with van der Waals surface area (Å²) in [6.07, 6.45) is -1.97. The molecule has 36 heavy (non-hydrogen) atoms. The number of benzene rings is 2. The van der Waals surface area contributed by atoms with Crippen LogP contribution in [0.3, 0.4) is 0 Å². The van der Waals surface area contributed by atoms with Gasteiger partial charge in [0.15, 0.2) is 0 Å². The number of amides is 2. The van der Waals surface area contributed by atoms with Crippen molar-refractivity contribution in [1.82, 2.24) is 9.88 Å². The molecule has 2 amide bonds. The lowest BCUT2D eigenvalue weighted by molar-refractivity contribution is -0.113. The van der Waals surface area contributed by atoms with Crippen molar-refractivity contribution < 1.29 is 23.8 Å². The smallest absolute Gasteiger partial charge is 0.414 e. The van der Waals surface area contributed by atoms with Gasteiger partial charge in [0, 0.05) is 28.8 Å². The van der Waals surface area contributed by atoms with E-state index in [9.17, 15) is 23.9 Å². The van der Waals surface area contributed by atoms with Gasteiger partial charge in [-0.3, -0.25) is 14.5 Å². The van der Waals surface area contributed by atoms with Gasteiger partial charge in [-0.1, -0.05) is 0 Å². The molecule has 0 aliphatic carbocycles. The number of carbonyl (C=O) groups excluding carboxylic acids is 2. The molecule has 4 heterocycles. The fraction of sp³-hybridized carbons (Fsp3) is 0.320. The van der Waals surface area contributed by atoms with Gasteiger partial charge in [0.2, 0.25) is 5.91 Å². The topological polar surface area (TPSA) is 113 Å². The molecule has 3 aromatic rings. The Morgan fingerprint density at radius 2 is 2.00 bits per heavy atom. The number of nitrogens with zero attached hydrogens (tertiary/aromatic N) is 2. The van der Waals surface area contributed by atoms with Crippen molar-refractivity contribution in [3.63, 3.8) is 0 Å². The Labute approximate surface area is 209 Å². The first-order valence-corrected chi connectivity index (χ1v) is 12.7. The summed E-state index contributed by atoms with van der Waals surface area (Å²) in [5.74, 6) is -0.121. The third-order valence-electron chi connectivity index (χ3n) is 6.85. The average Bonchev–Trinajstić information content (AvgIpc) is 3.45. The van der Waals surface area contributed by atoms with E-state index >= 15 is 0 Å². The van der Waals surface area contributed by atoms with Crippen LogP contribution in [-0.4, -0.2) is 52.7 Å². The largest absolute Gasteiger partial charge is 0.441 e. The minimum atomic E-state index is -0.938. The van der Waals surface area contributed by atoms with Crippen LogP contribution in [0, 0.1) is 5.82 Å². The van der Waals surface area contributed by atoms with E-state index in [0.29, 0.717) is 41.3 Å². The van der Waals surface area contributed by atoms with Crippen LogP contribution in [0.1, 0.15) is 18.0 Å². The van der Waals surface area contributed by atoms with Crippen molar-refractivity contribution in [2.24, 2.45) is 0 Å². The number of cyclic esters (lactones) is 1. The summed E-state index contributed by atoms with van der Waals surface area (Å²) in [4.78, 5) is 38.9. The van der Waals surface area contributed by atoms with E-state index in [2.05, 4.69) is 10.6 Å². The predicted molar refractivity (Wildman–Crippen MR) is 133 cm³/mol. The maximum Gasteiger partial charge on any atom is 0.414 e. The number of aliphatic hydroxyl groups excluding tert-OH is 1. The number of nitrogens with one attached hydrogen (secondary N) is 2. The van der Waals surface area contributed by atoms with Crippen molar-refractivity contribution in [2.75, 3.05) is 29.1 Å². The number of anilines is 2. The molecule has 1 saturated heterocycles. The van der Waals surface area contributed by atoms with Gasteiger partial charge in [-0.2, -0.15) is 0 Å². The summed E-state index contributed by atoms with van der Waals surface area (Å²) in [6.45, 7) is 0.806. The van der Waals surface area contributed by atoms with Gasteiger partial charge in [-0.15, -0.1) is 11.8 Å². The Morgan fingerprint density at radius 1 is 1.17 bits per heavy atom. The lowest BCUT2D eigenvalue weighted by Gasteiger charge is -2.20. The van der Waals surface area contributed by atoms with Crippen molar-refractivity contribution in [1.29, 1.82) is 0 Å². The third-order valence-corrected chi connectivity index (χ3v) is 7.93. The van der Waals surface area contributed by atoms with E-state index in [1.165, 1.54) is 28.8 Å². The summed E-state index contributed by atoms with van der Waals surface area (Å²) >= 11 is 1.43. The van der Waals surface area contributed by atoms with Gasteiger partial charge in [-0.25, -0.2) is 9.18 Å². The molecule has 0 spiro atoms. The number of aromatic nitrogens is 1. The number of rotatable bonds is 6. The molecule has 3 aliphatic heterocycles. The highest BCUT2D eigenvalue weighted by Gasteiger charge is 2.37. The number of carbonyl (C=O) groups is 2. The van der Waals surface area contributed by atoms with Crippen LogP contribution in [-0.2, 0) is 16.1 Å². The quantitative estimate of drug-likeness (QED) is 0.467. The summed E-state index contributed by atoms with van der Waals surface area (Å²) in [6, 6.07) is 11.2. The Balaban J connectivity index is 1.09. The van der Waals surface area contributed by atoms with Gasteiger partial charge < -0.3 is 25.0 Å². The van der Waals surface area contributed by atoms with Gasteiger partial charge in [0.25, 0.3) is 5.56 Å². The predicted octanol–water partition coefficient (Wildman–Crippen LogP) is 2.61. The van der Waals surface area contributed by atoms with Gasteiger partial charge in [0.1, 0.15) is 11.9 Å². The molecule has 1 aromatic heterocycles. The number of ether oxygens (including phenoxy) is 1. The number of aliphatic hydroxyl groups is 1. The molecule has 11 heteroatoms. The van der Waals surface area contributed by atoms with Crippen LogP contribution >= 0.6 is 11.8 Å². The molecule has 0 unspecified atom stereocenters. The minimum Gasteiger partial charge on any atom is -0.441 e. The molecule has 0 bridgehead atoms. The Kier molecular flexibility index (Phi) is 5.70. The standard InChI is InChI=1S/C25H23FN4O5S/c26-15-4-1-13-2-6-22(33)30-10-17(23(15)24(13)30)27-8-7-18(31)19-11-29(25(34)35-19)14-3-5-20-16(9-14)28-21(32)12-36-20/h1-6,9,17-19,27,31H,7-8,10-12H2,(H,28,32)/t17-,18-,19+/m0/s1. The second-order valence-corrected chi connectivity index (χ2v) is 10.1. The van der Waals surface area contributed by atoms with Crippen molar-refractivity contribution in [2.45, 2.75) is 36.1 Å². The highest BCUT2D eigenvalue weighted by Crippen LogP contribution is 2.36. The molecular formula is C25H23FN4O5S. The third kappa shape index (κ3) is 3.93. The van der Waals surface area contributed by atoms with Crippen LogP contribution in [0.4, 0.5) is 20.6 Å². The first-order chi connectivity index (χ1) is 17.4. The van der Waals surface area contributed by atoms with Crippen molar-refractivity contribution >= 4 is 46.0 Å². The summed E-state index contributed by atoms with van der Waals surface area (Å²) < 4.78 is 21.6. The van der Waals surface area contributed by atoms with Crippen LogP contribution in [0.2, 0.25) is 0 Å².